The van der Waals surface area contributed by atoms with Crippen molar-refractivity contribution in [1.82, 2.24) is 5.32 Å². The zero-order chi connectivity index (χ0) is 15.1. The highest BCUT2D eigenvalue weighted by atomic mass is 35.5. The van der Waals surface area contributed by atoms with E-state index in [0.29, 0.717) is 10.6 Å². The van der Waals surface area contributed by atoms with E-state index in [-0.39, 0.29) is 5.91 Å². The molecule has 21 heavy (non-hydrogen) atoms. The molecule has 2 aromatic rings. The van der Waals surface area contributed by atoms with E-state index in [0.717, 1.165) is 30.8 Å². The summed E-state index contributed by atoms with van der Waals surface area (Å²) in [6, 6.07) is 14.8. The molecule has 0 saturated heterocycles. The van der Waals surface area contributed by atoms with Crippen LogP contribution in [0.25, 0.3) is 0 Å². The fourth-order valence-corrected chi connectivity index (χ4v) is 2.23. The molecule has 0 fully saturated rings. The predicted molar refractivity (Wildman–Crippen MR) is 87.8 cm³/mol. The van der Waals surface area contributed by atoms with E-state index in [1.807, 2.05) is 24.3 Å². The van der Waals surface area contributed by atoms with Gasteiger partial charge in [0, 0.05) is 12.2 Å². The Bertz CT molecular complexity index is 613. The van der Waals surface area contributed by atoms with Gasteiger partial charge in [0.15, 0.2) is 0 Å². The Morgan fingerprint density at radius 1 is 1.14 bits per heavy atom. The maximum atomic E-state index is 12.2. The van der Waals surface area contributed by atoms with Gasteiger partial charge in [-0.15, -0.1) is 0 Å². The number of halogens is 1. The van der Waals surface area contributed by atoms with Gasteiger partial charge in [-0.1, -0.05) is 42.8 Å². The van der Waals surface area contributed by atoms with Crippen molar-refractivity contribution >= 4 is 23.2 Å². The highest BCUT2D eigenvalue weighted by molar-refractivity contribution is 6.34. The third-order valence-electron chi connectivity index (χ3n) is 3.06. The van der Waals surface area contributed by atoms with Crippen LogP contribution in [0.2, 0.25) is 5.02 Å². The number of carbonyl (C=O) groups excluding carboxylic acids is 1. The quantitative estimate of drug-likeness (QED) is 0.789. The van der Waals surface area contributed by atoms with E-state index in [9.17, 15) is 4.79 Å². The summed E-state index contributed by atoms with van der Waals surface area (Å²) < 4.78 is 0. The number of rotatable bonds is 6. The van der Waals surface area contributed by atoms with Crippen molar-refractivity contribution in [2.75, 3.05) is 11.9 Å². The molecule has 2 N–H and O–H groups in total. The normalized spacial score (nSPS) is 10.4. The monoisotopic (exact) mass is 302 g/mol. The van der Waals surface area contributed by atoms with Crippen molar-refractivity contribution in [3.63, 3.8) is 0 Å². The van der Waals surface area contributed by atoms with E-state index in [1.165, 1.54) is 0 Å². The first-order valence-corrected chi connectivity index (χ1v) is 7.44. The van der Waals surface area contributed by atoms with Crippen molar-refractivity contribution < 1.29 is 4.79 Å². The third kappa shape index (κ3) is 4.59. The summed E-state index contributed by atoms with van der Waals surface area (Å²) >= 11 is 6.03. The van der Waals surface area contributed by atoms with Crippen LogP contribution < -0.4 is 10.6 Å². The second-order valence-corrected chi connectivity index (χ2v) is 5.22. The molecule has 0 atom stereocenters. The molecule has 0 heterocycles. The van der Waals surface area contributed by atoms with Gasteiger partial charge in [0.1, 0.15) is 0 Å². The lowest BCUT2D eigenvalue weighted by Gasteiger charge is -2.09. The second-order valence-electron chi connectivity index (χ2n) is 4.81. The number of anilines is 1. The first kappa shape index (κ1) is 15.5. The van der Waals surface area contributed by atoms with Crippen molar-refractivity contribution in [2.24, 2.45) is 0 Å². The number of amides is 1. The minimum Gasteiger partial charge on any atom is -0.322 e. The van der Waals surface area contributed by atoms with Gasteiger partial charge in [-0.3, -0.25) is 4.79 Å². The Balaban J connectivity index is 2.04. The van der Waals surface area contributed by atoms with E-state index >= 15 is 0 Å². The first-order valence-electron chi connectivity index (χ1n) is 7.06. The van der Waals surface area contributed by atoms with E-state index in [1.54, 1.807) is 24.3 Å². The van der Waals surface area contributed by atoms with Gasteiger partial charge in [-0.25, -0.2) is 0 Å². The molecule has 4 heteroatoms. The Morgan fingerprint density at radius 3 is 2.71 bits per heavy atom. The van der Waals surface area contributed by atoms with Gasteiger partial charge in [0.25, 0.3) is 5.91 Å². The lowest BCUT2D eigenvalue weighted by atomic mass is 10.1. The van der Waals surface area contributed by atoms with Gasteiger partial charge in [0.05, 0.1) is 10.6 Å². The van der Waals surface area contributed by atoms with Crippen molar-refractivity contribution in [3.05, 3.63) is 64.7 Å². The maximum Gasteiger partial charge on any atom is 0.257 e. The Morgan fingerprint density at radius 2 is 1.95 bits per heavy atom. The number of hydrogen-bond donors (Lipinski definition) is 2. The van der Waals surface area contributed by atoms with Crippen LogP contribution in [-0.4, -0.2) is 12.5 Å². The van der Waals surface area contributed by atoms with Gasteiger partial charge >= 0.3 is 0 Å². The molecular weight excluding hydrogens is 284 g/mol. The summed E-state index contributed by atoms with van der Waals surface area (Å²) in [6.45, 7) is 3.91. The first-order chi connectivity index (χ1) is 10.2. The fourth-order valence-electron chi connectivity index (χ4n) is 2.01. The summed E-state index contributed by atoms with van der Waals surface area (Å²) in [7, 11) is 0. The Hall–Kier alpha value is -1.84. The van der Waals surface area contributed by atoms with Crippen molar-refractivity contribution in [1.29, 1.82) is 0 Å². The van der Waals surface area contributed by atoms with Crippen LogP contribution in [0.1, 0.15) is 29.3 Å². The molecule has 110 valence electrons. The van der Waals surface area contributed by atoms with Gasteiger partial charge < -0.3 is 10.6 Å². The molecule has 0 radical (unpaired) electrons. The van der Waals surface area contributed by atoms with Crippen LogP contribution in [0.15, 0.2) is 48.5 Å². The van der Waals surface area contributed by atoms with Crippen LogP contribution >= 0.6 is 11.6 Å². The number of nitrogens with one attached hydrogen (secondary N) is 2. The van der Waals surface area contributed by atoms with Crippen LogP contribution in [0, 0.1) is 0 Å². The molecule has 2 aromatic carbocycles. The molecule has 3 nitrogen and oxygen atoms in total. The standard InChI is InChI=1S/C17H19ClN2O/c1-2-10-19-12-13-6-5-7-14(11-13)20-17(21)15-8-3-4-9-16(15)18/h3-9,11,19H,2,10,12H2,1H3,(H,20,21). The Labute approximate surface area is 130 Å². The summed E-state index contributed by atoms with van der Waals surface area (Å²) in [5, 5.41) is 6.67. The second kappa shape index (κ2) is 7.81. The highest BCUT2D eigenvalue weighted by Crippen LogP contribution is 2.17. The maximum absolute atomic E-state index is 12.2. The topological polar surface area (TPSA) is 41.1 Å². The molecule has 0 saturated carbocycles. The Kier molecular flexibility index (Phi) is 5.78. The largest absolute Gasteiger partial charge is 0.322 e. The molecule has 0 aliphatic heterocycles. The van der Waals surface area contributed by atoms with Gasteiger partial charge in [-0.05, 0) is 42.8 Å². The molecule has 0 aliphatic rings. The fraction of sp³-hybridized carbons (Fsp3) is 0.235. The van der Waals surface area contributed by atoms with Gasteiger partial charge in [-0.2, -0.15) is 0 Å². The van der Waals surface area contributed by atoms with Crippen LogP contribution in [0.4, 0.5) is 5.69 Å². The minimum atomic E-state index is -0.195. The smallest absolute Gasteiger partial charge is 0.257 e. The molecule has 2 rings (SSSR count). The highest BCUT2D eigenvalue weighted by Gasteiger charge is 2.09. The van der Waals surface area contributed by atoms with Crippen LogP contribution in [-0.2, 0) is 6.54 Å². The SMILES string of the molecule is CCCNCc1cccc(NC(=O)c2ccccc2Cl)c1. The number of carbonyl (C=O) groups is 1. The zero-order valence-electron chi connectivity index (χ0n) is 12.0. The molecule has 1 amide bonds. The molecule has 0 bridgehead atoms. The molecular formula is C17H19ClN2O. The number of benzene rings is 2. The van der Waals surface area contributed by atoms with Crippen molar-refractivity contribution in [3.8, 4) is 0 Å². The lowest BCUT2D eigenvalue weighted by molar-refractivity contribution is 0.102. The molecule has 0 spiro atoms. The zero-order valence-corrected chi connectivity index (χ0v) is 12.8. The minimum absolute atomic E-state index is 0.195. The average Bonchev–Trinajstić information content (AvgIpc) is 2.48. The predicted octanol–water partition coefficient (Wildman–Crippen LogP) is 4.09. The summed E-state index contributed by atoms with van der Waals surface area (Å²) in [5.74, 6) is -0.195. The molecule has 0 aliphatic carbocycles. The lowest BCUT2D eigenvalue weighted by Crippen LogP contribution is -2.15. The van der Waals surface area contributed by atoms with E-state index < -0.39 is 0 Å². The third-order valence-corrected chi connectivity index (χ3v) is 3.39. The summed E-state index contributed by atoms with van der Waals surface area (Å²) in [5.41, 5.74) is 2.39. The summed E-state index contributed by atoms with van der Waals surface area (Å²) in [6.07, 6.45) is 1.10. The molecule has 0 aromatic heterocycles. The molecule has 0 unspecified atom stereocenters. The average molecular weight is 303 g/mol. The van der Waals surface area contributed by atoms with Crippen LogP contribution in [0.3, 0.4) is 0 Å². The van der Waals surface area contributed by atoms with Crippen molar-refractivity contribution in [2.45, 2.75) is 19.9 Å². The van der Waals surface area contributed by atoms with Crippen LogP contribution in [0.5, 0.6) is 0 Å². The number of hydrogen-bond acceptors (Lipinski definition) is 2. The van der Waals surface area contributed by atoms with E-state index in [4.69, 9.17) is 11.6 Å². The van der Waals surface area contributed by atoms with E-state index in [2.05, 4.69) is 17.6 Å². The van der Waals surface area contributed by atoms with Gasteiger partial charge in [0.2, 0.25) is 0 Å². The summed E-state index contributed by atoms with van der Waals surface area (Å²) in [4.78, 5) is 12.2.